The first-order valence-electron chi connectivity index (χ1n) is 10.2. The summed E-state index contributed by atoms with van der Waals surface area (Å²) in [7, 11) is 0. The maximum absolute atomic E-state index is 13.0. The minimum atomic E-state index is -0.518. The van der Waals surface area contributed by atoms with E-state index in [2.05, 4.69) is 22.3 Å². The lowest BCUT2D eigenvalue weighted by atomic mass is 9.97. The van der Waals surface area contributed by atoms with Crippen LogP contribution in [0.5, 0.6) is 0 Å². The van der Waals surface area contributed by atoms with Crippen LogP contribution in [0.25, 0.3) is 11.1 Å². The van der Waals surface area contributed by atoms with Gasteiger partial charge < -0.3 is 14.2 Å². The maximum atomic E-state index is 13.0. The third kappa shape index (κ3) is 3.75. The van der Waals surface area contributed by atoms with E-state index in [9.17, 15) is 4.79 Å². The van der Waals surface area contributed by atoms with Crippen molar-refractivity contribution in [2.75, 3.05) is 13.1 Å². The zero-order valence-corrected chi connectivity index (χ0v) is 16.2. The summed E-state index contributed by atoms with van der Waals surface area (Å²) >= 11 is 0. The number of benzene rings is 2. The van der Waals surface area contributed by atoms with Crippen LogP contribution in [0.1, 0.15) is 36.6 Å². The van der Waals surface area contributed by atoms with Crippen molar-refractivity contribution in [2.24, 2.45) is 5.16 Å². The van der Waals surface area contributed by atoms with Crippen LogP contribution < -0.4 is 0 Å². The first kappa shape index (κ1) is 17.9. The predicted molar refractivity (Wildman–Crippen MR) is 110 cm³/mol. The Morgan fingerprint density at radius 2 is 1.93 bits per heavy atom. The molecule has 0 spiro atoms. The van der Waals surface area contributed by atoms with Crippen LogP contribution >= 0.6 is 0 Å². The van der Waals surface area contributed by atoms with Gasteiger partial charge in [0, 0.05) is 25.9 Å². The molecule has 6 nitrogen and oxygen atoms in total. The number of nitrogens with zero attached hydrogens (tertiary/aromatic N) is 3. The van der Waals surface area contributed by atoms with E-state index in [0.29, 0.717) is 13.0 Å². The molecule has 148 valence electrons. The van der Waals surface area contributed by atoms with Gasteiger partial charge in [0.1, 0.15) is 5.52 Å². The highest BCUT2D eigenvalue weighted by Crippen LogP contribution is 2.30. The highest BCUT2D eigenvalue weighted by atomic mass is 16.6. The molecule has 2 aromatic carbocycles. The number of fused-ring (bicyclic) bond motifs is 1. The topological polar surface area (TPSA) is 67.9 Å². The number of oxazole rings is 1. The summed E-state index contributed by atoms with van der Waals surface area (Å²) in [6.07, 6.45) is 2.65. The molecule has 0 N–H and O–H groups in total. The van der Waals surface area contributed by atoms with Gasteiger partial charge in [0.05, 0.1) is 11.6 Å². The van der Waals surface area contributed by atoms with Gasteiger partial charge >= 0.3 is 0 Å². The molecule has 0 bridgehead atoms. The number of rotatable bonds is 4. The molecule has 1 saturated heterocycles. The Bertz CT molecular complexity index is 1010. The number of carbonyl (C=O) groups excluding carboxylic acids is 1. The molecule has 0 radical (unpaired) electrons. The molecule has 0 unspecified atom stereocenters. The Hall–Kier alpha value is -3.15. The van der Waals surface area contributed by atoms with E-state index in [0.717, 1.165) is 48.5 Å². The highest BCUT2D eigenvalue weighted by molar-refractivity contribution is 5.94. The normalized spacial score (nSPS) is 21.8. The molecule has 6 heteroatoms. The number of likely N-dealkylation sites (tertiary alicyclic amines) is 1. The number of piperidine rings is 1. The average Bonchev–Trinajstić information content (AvgIpc) is 3.41. The van der Waals surface area contributed by atoms with Crippen molar-refractivity contribution >= 4 is 22.7 Å². The van der Waals surface area contributed by atoms with Crippen LogP contribution in [-0.4, -0.2) is 40.7 Å². The standard InChI is InChI=1S/C23H23N3O3/c27-23(21-14-18(25-29-21)13-16-7-2-1-3-8-16)26-12-6-9-17(15-26)22-24-19-10-4-5-11-20(19)28-22/h1-5,7-8,10-11,17,21H,6,9,12-15H2/t17-,21-/m0/s1. The SMILES string of the molecule is O=C([C@@H]1CC(Cc2ccccc2)=NO1)N1CCC[C@H](c2nc3ccccc3o2)C1. The zero-order valence-electron chi connectivity index (χ0n) is 16.2. The van der Waals surface area contributed by atoms with E-state index in [1.807, 2.05) is 47.4 Å². The Morgan fingerprint density at radius 1 is 1.10 bits per heavy atom. The number of hydrogen-bond donors (Lipinski definition) is 0. The van der Waals surface area contributed by atoms with Crippen molar-refractivity contribution in [3.05, 3.63) is 66.1 Å². The minimum absolute atomic E-state index is 0.0117. The van der Waals surface area contributed by atoms with Gasteiger partial charge in [0.15, 0.2) is 11.5 Å². The van der Waals surface area contributed by atoms with E-state index in [1.165, 1.54) is 5.56 Å². The lowest BCUT2D eigenvalue weighted by molar-refractivity contribution is -0.143. The number of amides is 1. The van der Waals surface area contributed by atoms with Crippen molar-refractivity contribution in [1.82, 2.24) is 9.88 Å². The fourth-order valence-electron chi connectivity index (χ4n) is 4.14. The quantitative estimate of drug-likeness (QED) is 0.678. The Morgan fingerprint density at radius 3 is 2.79 bits per heavy atom. The van der Waals surface area contributed by atoms with Gasteiger partial charge in [-0.25, -0.2) is 4.98 Å². The van der Waals surface area contributed by atoms with Crippen LogP contribution in [0, 0.1) is 0 Å². The van der Waals surface area contributed by atoms with Crippen LogP contribution in [-0.2, 0) is 16.1 Å². The van der Waals surface area contributed by atoms with Crippen molar-refractivity contribution in [1.29, 1.82) is 0 Å². The van der Waals surface area contributed by atoms with Crippen LogP contribution in [0.3, 0.4) is 0 Å². The van der Waals surface area contributed by atoms with Gasteiger partial charge in [-0.1, -0.05) is 47.6 Å². The van der Waals surface area contributed by atoms with Gasteiger partial charge in [0.25, 0.3) is 5.91 Å². The van der Waals surface area contributed by atoms with Crippen molar-refractivity contribution in [2.45, 2.75) is 37.7 Å². The molecule has 5 rings (SSSR count). The molecule has 1 aromatic heterocycles. The fraction of sp³-hybridized carbons (Fsp3) is 0.348. The van der Waals surface area contributed by atoms with Gasteiger partial charge in [-0.3, -0.25) is 4.79 Å². The lowest BCUT2D eigenvalue weighted by Gasteiger charge is -2.32. The van der Waals surface area contributed by atoms with E-state index >= 15 is 0 Å². The van der Waals surface area contributed by atoms with Crippen molar-refractivity contribution in [3.63, 3.8) is 0 Å². The largest absolute Gasteiger partial charge is 0.440 e. The summed E-state index contributed by atoms with van der Waals surface area (Å²) in [4.78, 5) is 25.0. The zero-order chi connectivity index (χ0) is 19.6. The number of aromatic nitrogens is 1. The molecule has 0 saturated carbocycles. The third-order valence-electron chi connectivity index (χ3n) is 5.65. The first-order valence-corrected chi connectivity index (χ1v) is 10.2. The Kier molecular flexibility index (Phi) is 4.76. The van der Waals surface area contributed by atoms with Crippen LogP contribution in [0.15, 0.2) is 64.2 Å². The van der Waals surface area contributed by atoms with Gasteiger partial charge in [0.2, 0.25) is 6.10 Å². The third-order valence-corrected chi connectivity index (χ3v) is 5.65. The first-order chi connectivity index (χ1) is 14.3. The second kappa shape index (κ2) is 7.70. The molecular formula is C23H23N3O3. The summed E-state index contributed by atoms with van der Waals surface area (Å²) < 4.78 is 5.94. The molecular weight excluding hydrogens is 366 g/mol. The number of oxime groups is 1. The fourth-order valence-corrected chi connectivity index (χ4v) is 4.14. The maximum Gasteiger partial charge on any atom is 0.266 e. The summed E-state index contributed by atoms with van der Waals surface area (Å²) in [5.41, 5.74) is 3.76. The molecule has 2 atom stereocenters. The smallest absolute Gasteiger partial charge is 0.266 e. The highest BCUT2D eigenvalue weighted by Gasteiger charge is 2.35. The minimum Gasteiger partial charge on any atom is -0.440 e. The molecule has 1 fully saturated rings. The van der Waals surface area contributed by atoms with E-state index in [4.69, 9.17) is 9.25 Å². The molecule has 0 aliphatic carbocycles. The molecule has 3 aromatic rings. The van der Waals surface area contributed by atoms with Gasteiger partial charge in [-0.05, 0) is 30.5 Å². The summed E-state index contributed by atoms with van der Waals surface area (Å²) in [5.74, 6) is 0.848. The Labute approximate surface area is 169 Å². The number of hydrogen-bond acceptors (Lipinski definition) is 5. The number of para-hydroxylation sites is 2. The average molecular weight is 389 g/mol. The van der Waals surface area contributed by atoms with Crippen LogP contribution in [0.2, 0.25) is 0 Å². The van der Waals surface area contributed by atoms with Crippen LogP contribution in [0.4, 0.5) is 0 Å². The Balaban J connectivity index is 1.22. The van der Waals surface area contributed by atoms with Gasteiger partial charge in [-0.15, -0.1) is 0 Å². The number of carbonyl (C=O) groups is 1. The van der Waals surface area contributed by atoms with Crippen molar-refractivity contribution in [3.8, 4) is 0 Å². The second-order valence-electron chi connectivity index (χ2n) is 7.76. The molecule has 1 amide bonds. The monoisotopic (exact) mass is 389 g/mol. The summed E-state index contributed by atoms with van der Waals surface area (Å²) in [5, 5.41) is 4.17. The summed E-state index contributed by atoms with van der Waals surface area (Å²) in [6, 6.07) is 17.9. The molecule has 2 aliphatic heterocycles. The van der Waals surface area contributed by atoms with Crippen molar-refractivity contribution < 1.29 is 14.0 Å². The molecule has 3 heterocycles. The second-order valence-corrected chi connectivity index (χ2v) is 7.76. The van der Waals surface area contributed by atoms with Gasteiger partial charge in [-0.2, -0.15) is 0 Å². The molecule has 29 heavy (non-hydrogen) atoms. The lowest BCUT2D eigenvalue weighted by Crippen LogP contribution is -2.44. The van der Waals surface area contributed by atoms with E-state index in [-0.39, 0.29) is 11.8 Å². The van der Waals surface area contributed by atoms with E-state index < -0.39 is 6.10 Å². The summed E-state index contributed by atoms with van der Waals surface area (Å²) in [6.45, 7) is 1.35. The van der Waals surface area contributed by atoms with E-state index in [1.54, 1.807) is 0 Å². The predicted octanol–water partition coefficient (Wildman–Crippen LogP) is 3.92. The molecule has 2 aliphatic rings.